The Bertz CT molecular complexity index is 166. The zero-order valence-corrected chi connectivity index (χ0v) is 7.11. The van der Waals surface area contributed by atoms with Gasteiger partial charge in [0.2, 0.25) is 0 Å². The first kappa shape index (κ1) is 6.66. The van der Waals surface area contributed by atoms with Gasteiger partial charge in [-0.1, -0.05) is 13.8 Å². The maximum absolute atomic E-state index is 5.79. The molecule has 0 spiro atoms. The van der Waals surface area contributed by atoms with Crippen LogP contribution in [0.3, 0.4) is 0 Å². The molecule has 1 saturated heterocycles. The summed E-state index contributed by atoms with van der Waals surface area (Å²) in [7, 11) is 0. The lowest BCUT2D eigenvalue weighted by atomic mass is 9.89. The van der Waals surface area contributed by atoms with E-state index >= 15 is 0 Å². The molecule has 10 heavy (non-hydrogen) atoms. The second-order valence-electron chi connectivity index (χ2n) is 4.02. The van der Waals surface area contributed by atoms with Gasteiger partial charge in [-0.25, -0.2) is 0 Å². The maximum atomic E-state index is 5.79. The lowest BCUT2D eigenvalue weighted by Crippen LogP contribution is -2.21. The molecule has 3 atom stereocenters. The van der Waals surface area contributed by atoms with Crippen LogP contribution in [0.2, 0.25) is 0 Å². The molecular formula is C9H16O. The smallest absolute Gasteiger partial charge is 0.0999 e. The van der Waals surface area contributed by atoms with Crippen LogP contribution in [0.15, 0.2) is 0 Å². The molecule has 1 aliphatic heterocycles. The minimum atomic E-state index is 0.279. The number of ether oxygens (including phenoxy) is 1. The number of rotatable bonds is 1. The minimum Gasteiger partial charge on any atom is -0.363 e. The van der Waals surface area contributed by atoms with E-state index in [-0.39, 0.29) is 5.60 Å². The third-order valence-electron chi connectivity index (χ3n) is 3.64. The third-order valence-corrected chi connectivity index (χ3v) is 3.64. The van der Waals surface area contributed by atoms with Crippen LogP contribution in [-0.4, -0.2) is 11.2 Å². The van der Waals surface area contributed by atoms with E-state index in [1.165, 1.54) is 19.3 Å². The molecule has 1 aliphatic carbocycles. The summed E-state index contributed by atoms with van der Waals surface area (Å²) in [5.41, 5.74) is 0.578. The number of epoxide rings is 1. The predicted octanol–water partition coefficient (Wildman–Crippen LogP) is 2.35. The maximum Gasteiger partial charge on any atom is 0.0999 e. The summed E-state index contributed by atoms with van der Waals surface area (Å²) in [6, 6.07) is 0. The van der Waals surface area contributed by atoms with Gasteiger partial charge in [-0.3, -0.25) is 0 Å². The third kappa shape index (κ3) is 0.493. The van der Waals surface area contributed by atoms with Crippen LogP contribution in [0.5, 0.6) is 0 Å². The first-order chi connectivity index (χ1) is 4.65. The Hall–Kier alpha value is -0.0400. The lowest BCUT2D eigenvalue weighted by molar-refractivity contribution is 0.176. The molecule has 0 bridgehead atoms. The molecule has 2 rings (SSSR count). The van der Waals surface area contributed by atoms with E-state index in [1.807, 2.05) is 0 Å². The van der Waals surface area contributed by atoms with E-state index in [0.717, 1.165) is 5.92 Å². The van der Waals surface area contributed by atoms with Gasteiger partial charge in [-0.2, -0.15) is 0 Å². The van der Waals surface area contributed by atoms with Gasteiger partial charge < -0.3 is 4.74 Å². The van der Waals surface area contributed by atoms with E-state index in [4.69, 9.17) is 4.74 Å². The van der Waals surface area contributed by atoms with Crippen molar-refractivity contribution in [2.75, 3.05) is 0 Å². The molecule has 0 aromatic carbocycles. The van der Waals surface area contributed by atoms with Crippen LogP contribution in [-0.2, 0) is 4.74 Å². The van der Waals surface area contributed by atoms with Crippen molar-refractivity contribution in [1.29, 1.82) is 0 Å². The minimum absolute atomic E-state index is 0.279. The molecule has 0 N–H and O–H groups in total. The van der Waals surface area contributed by atoms with E-state index in [0.29, 0.717) is 5.60 Å². The van der Waals surface area contributed by atoms with Crippen LogP contribution in [0.4, 0.5) is 0 Å². The topological polar surface area (TPSA) is 12.5 Å². The highest BCUT2D eigenvalue weighted by Crippen LogP contribution is 2.63. The molecule has 1 heterocycles. The number of hydrogen-bond donors (Lipinski definition) is 0. The second-order valence-corrected chi connectivity index (χ2v) is 4.02. The standard InChI is InChI=1S/C9H16O/c1-4-9-7(2)5-6-8(9,3)10-9/h7H,4-6H2,1-3H3. The second kappa shape index (κ2) is 1.58. The summed E-state index contributed by atoms with van der Waals surface area (Å²) in [6.07, 6.45) is 3.84. The average molecular weight is 140 g/mol. The Morgan fingerprint density at radius 3 is 2.50 bits per heavy atom. The Kier molecular flexibility index (Phi) is 1.05. The van der Waals surface area contributed by atoms with Crippen LogP contribution in [0, 0.1) is 5.92 Å². The number of hydrogen-bond acceptors (Lipinski definition) is 1. The highest BCUT2D eigenvalue weighted by molar-refractivity contribution is 5.19. The fraction of sp³-hybridized carbons (Fsp3) is 1.00. The zero-order chi connectivity index (χ0) is 7.41. The Balaban J connectivity index is 2.23. The molecule has 0 radical (unpaired) electrons. The van der Waals surface area contributed by atoms with Crippen molar-refractivity contribution in [2.45, 2.75) is 51.2 Å². The predicted molar refractivity (Wildman–Crippen MR) is 40.9 cm³/mol. The Labute approximate surface area is 62.8 Å². The molecule has 0 aromatic rings. The Morgan fingerprint density at radius 2 is 2.30 bits per heavy atom. The van der Waals surface area contributed by atoms with Gasteiger partial charge in [-0.15, -0.1) is 0 Å². The molecule has 2 fully saturated rings. The largest absolute Gasteiger partial charge is 0.363 e. The summed E-state index contributed by atoms with van der Waals surface area (Å²) < 4.78 is 5.79. The van der Waals surface area contributed by atoms with Gasteiger partial charge in [0.05, 0.1) is 11.2 Å². The summed E-state index contributed by atoms with van der Waals surface area (Å²) >= 11 is 0. The van der Waals surface area contributed by atoms with Crippen molar-refractivity contribution in [3.63, 3.8) is 0 Å². The first-order valence-corrected chi connectivity index (χ1v) is 4.35. The van der Waals surface area contributed by atoms with Crippen LogP contribution < -0.4 is 0 Å². The Morgan fingerprint density at radius 1 is 1.60 bits per heavy atom. The molecule has 1 heteroatoms. The fourth-order valence-corrected chi connectivity index (χ4v) is 2.78. The van der Waals surface area contributed by atoms with E-state index in [2.05, 4.69) is 20.8 Å². The van der Waals surface area contributed by atoms with Crippen molar-refractivity contribution in [3.05, 3.63) is 0 Å². The fourth-order valence-electron chi connectivity index (χ4n) is 2.78. The summed E-state index contributed by atoms with van der Waals surface area (Å²) in [4.78, 5) is 0. The van der Waals surface area contributed by atoms with Gasteiger partial charge in [0, 0.05) is 0 Å². The normalized spacial score (nSPS) is 58.5. The average Bonchev–Trinajstić information content (AvgIpc) is 2.47. The highest BCUT2D eigenvalue weighted by atomic mass is 16.6. The van der Waals surface area contributed by atoms with Crippen LogP contribution in [0.1, 0.15) is 40.0 Å². The summed E-state index contributed by atoms with van der Waals surface area (Å²) in [5.74, 6) is 0.794. The molecule has 58 valence electrons. The van der Waals surface area contributed by atoms with E-state index < -0.39 is 0 Å². The van der Waals surface area contributed by atoms with Gasteiger partial charge >= 0.3 is 0 Å². The summed E-state index contributed by atoms with van der Waals surface area (Å²) in [5, 5.41) is 0. The van der Waals surface area contributed by atoms with Gasteiger partial charge in [-0.05, 0) is 32.1 Å². The molecule has 0 aromatic heterocycles. The SMILES string of the molecule is CCC12OC1(C)CCC2C. The quantitative estimate of drug-likeness (QED) is 0.509. The van der Waals surface area contributed by atoms with Gasteiger partial charge in [0.1, 0.15) is 0 Å². The van der Waals surface area contributed by atoms with Crippen LogP contribution >= 0.6 is 0 Å². The van der Waals surface area contributed by atoms with E-state index in [9.17, 15) is 0 Å². The van der Waals surface area contributed by atoms with Crippen molar-refractivity contribution in [1.82, 2.24) is 0 Å². The highest BCUT2D eigenvalue weighted by Gasteiger charge is 2.71. The number of fused-ring (bicyclic) bond motifs is 1. The first-order valence-electron chi connectivity index (χ1n) is 4.35. The van der Waals surface area contributed by atoms with Crippen molar-refractivity contribution < 1.29 is 4.74 Å². The lowest BCUT2D eigenvalue weighted by Gasteiger charge is -2.12. The van der Waals surface area contributed by atoms with Gasteiger partial charge in [0.25, 0.3) is 0 Å². The van der Waals surface area contributed by atoms with E-state index in [1.54, 1.807) is 0 Å². The molecule has 1 saturated carbocycles. The molecule has 1 nitrogen and oxygen atoms in total. The molecule has 2 aliphatic rings. The summed E-state index contributed by atoms with van der Waals surface area (Å²) in [6.45, 7) is 6.83. The van der Waals surface area contributed by atoms with Gasteiger partial charge in [0.15, 0.2) is 0 Å². The molecule has 0 amide bonds. The zero-order valence-electron chi connectivity index (χ0n) is 7.11. The molecule has 3 unspecified atom stereocenters. The van der Waals surface area contributed by atoms with Crippen molar-refractivity contribution in [3.8, 4) is 0 Å². The van der Waals surface area contributed by atoms with Crippen LogP contribution in [0.25, 0.3) is 0 Å². The molecular weight excluding hydrogens is 124 g/mol. The van der Waals surface area contributed by atoms with Crippen molar-refractivity contribution >= 4 is 0 Å². The van der Waals surface area contributed by atoms with Crippen molar-refractivity contribution in [2.24, 2.45) is 5.92 Å². The monoisotopic (exact) mass is 140 g/mol.